The number of hydrogen-bond donors (Lipinski definition) is 0. The Labute approximate surface area is 68.3 Å². The Hall–Kier alpha value is -0.990. The van der Waals surface area contributed by atoms with Gasteiger partial charge >= 0.3 is 6.03 Å². The third-order valence-electron chi connectivity index (χ3n) is 1.14. The summed E-state index contributed by atoms with van der Waals surface area (Å²) in [6, 6.07) is -0.00815. The summed E-state index contributed by atoms with van der Waals surface area (Å²) in [6.45, 7) is 3.92. The van der Waals surface area contributed by atoms with Gasteiger partial charge in [-0.05, 0) is 13.8 Å². The first-order valence-corrected chi connectivity index (χ1v) is 3.54. The second kappa shape index (κ2) is 4.01. The van der Waals surface area contributed by atoms with Gasteiger partial charge in [0.1, 0.15) is 0 Å². The summed E-state index contributed by atoms with van der Waals surface area (Å²) < 4.78 is 0. The van der Waals surface area contributed by atoms with Crippen molar-refractivity contribution >= 4 is 6.03 Å². The summed E-state index contributed by atoms with van der Waals surface area (Å²) in [6.07, 6.45) is 1.81. The Morgan fingerprint density at radius 1 is 1.18 bits per heavy atom. The van der Waals surface area contributed by atoms with Gasteiger partial charge in [0.25, 0.3) is 0 Å². The van der Waals surface area contributed by atoms with Crippen LogP contribution in [-0.4, -0.2) is 37.0 Å². The largest absolute Gasteiger partial charge is 0.330 e. The molecule has 2 amide bonds. The molecule has 0 radical (unpaired) electrons. The van der Waals surface area contributed by atoms with E-state index in [0.29, 0.717) is 0 Å². The fourth-order valence-electron chi connectivity index (χ4n) is 0.758. The average molecular weight is 156 g/mol. The van der Waals surface area contributed by atoms with E-state index < -0.39 is 0 Å². The molecule has 11 heavy (non-hydrogen) atoms. The van der Waals surface area contributed by atoms with E-state index in [1.165, 1.54) is 0 Å². The molecular weight excluding hydrogens is 140 g/mol. The van der Waals surface area contributed by atoms with Crippen molar-refractivity contribution in [1.29, 1.82) is 0 Å². The Morgan fingerprint density at radius 2 is 1.64 bits per heavy atom. The second-order valence-electron chi connectivity index (χ2n) is 2.99. The molecule has 0 aliphatic heterocycles. The van der Waals surface area contributed by atoms with Gasteiger partial charge < -0.3 is 9.80 Å². The number of hydrogen-bond acceptors (Lipinski definition) is 1. The van der Waals surface area contributed by atoms with E-state index in [2.05, 4.69) is 0 Å². The van der Waals surface area contributed by atoms with Gasteiger partial charge in [-0.1, -0.05) is 5.57 Å². The molecule has 0 spiro atoms. The van der Waals surface area contributed by atoms with Crippen LogP contribution >= 0.6 is 0 Å². The molecule has 0 heterocycles. The molecular formula is C8H16N2O. The van der Waals surface area contributed by atoms with Crippen LogP contribution in [0.4, 0.5) is 4.79 Å². The summed E-state index contributed by atoms with van der Waals surface area (Å²) >= 11 is 0. The van der Waals surface area contributed by atoms with Crippen molar-refractivity contribution in [3.63, 3.8) is 0 Å². The van der Waals surface area contributed by atoms with Crippen LogP contribution in [0.1, 0.15) is 13.8 Å². The van der Waals surface area contributed by atoms with Crippen LogP contribution in [0, 0.1) is 0 Å². The second-order valence-corrected chi connectivity index (χ2v) is 2.99. The minimum absolute atomic E-state index is 0.00815. The molecule has 0 unspecified atom stereocenters. The van der Waals surface area contributed by atoms with E-state index in [4.69, 9.17) is 0 Å². The molecule has 64 valence electrons. The lowest BCUT2D eigenvalue weighted by Gasteiger charge is -2.18. The molecule has 0 aliphatic carbocycles. The number of carbonyl (C=O) groups is 1. The summed E-state index contributed by atoms with van der Waals surface area (Å²) in [5.41, 5.74) is 1.11. The van der Waals surface area contributed by atoms with Gasteiger partial charge in [0.15, 0.2) is 0 Å². The molecule has 0 aromatic heterocycles. The zero-order valence-corrected chi connectivity index (χ0v) is 7.88. The van der Waals surface area contributed by atoms with E-state index in [1.54, 1.807) is 30.9 Å². The van der Waals surface area contributed by atoms with Crippen molar-refractivity contribution in [2.45, 2.75) is 13.8 Å². The molecule has 0 saturated heterocycles. The zero-order valence-electron chi connectivity index (χ0n) is 7.88. The molecule has 0 aromatic carbocycles. The monoisotopic (exact) mass is 156 g/mol. The zero-order chi connectivity index (χ0) is 9.02. The maximum absolute atomic E-state index is 11.2. The molecule has 0 N–H and O–H groups in total. The standard InChI is InChI=1S/C8H16N2O/c1-7(2)6-10(5)8(11)9(3)4/h6H,1-5H3. The number of allylic oxidation sites excluding steroid dienone is 1. The number of carbonyl (C=O) groups excluding carboxylic acids is 1. The van der Waals surface area contributed by atoms with Crippen molar-refractivity contribution in [3.8, 4) is 0 Å². The lowest BCUT2D eigenvalue weighted by atomic mass is 10.4. The predicted molar refractivity (Wildman–Crippen MR) is 46.3 cm³/mol. The Kier molecular flexibility index (Phi) is 3.65. The summed E-state index contributed by atoms with van der Waals surface area (Å²) in [5.74, 6) is 0. The first kappa shape index (κ1) is 10.0. The molecule has 0 rings (SSSR count). The van der Waals surface area contributed by atoms with Gasteiger partial charge in [-0.25, -0.2) is 4.79 Å². The van der Waals surface area contributed by atoms with E-state index in [1.807, 2.05) is 20.0 Å². The highest BCUT2D eigenvalue weighted by atomic mass is 16.2. The van der Waals surface area contributed by atoms with E-state index in [0.717, 1.165) is 5.57 Å². The van der Waals surface area contributed by atoms with Gasteiger partial charge in [0.05, 0.1) is 0 Å². The number of amides is 2. The number of rotatable bonds is 1. The van der Waals surface area contributed by atoms with Crippen LogP contribution in [0.5, 0.6) is 0 Å². The smallest absolute Gasteiger partial charge is 0.323 e. The van der Waals surface area contributed by atoms with Crippen molar-refractivity contribution in [3.05, 3.63) is 11.8 Å². The topological polar surface area (TPSA) is 23.6 Å². The molecule has 0 bridgehead atoms. The van der Waals surface area contributed by atoms with Gasteiger partial charge in [-0.3, -0.25) is 0 Å². The Balaban J connectivity index is 4.15. The van der Waals surface area contributed by atoms with Gasteiger partial charge in [0.2, 0.25) is 0 Å². The molecule has 0 saturated carbocycles. The SMILES string of the molecule is CC(C)=CN(C)C(=O)N(C)C. The van der Waals surface area contributed by atoms with Crippen LogP contribution in [0.3, 0.4) is 0 Å². The van der Waals surface area contributed by atoms with Crippen molar-refractivity contribution in [2.24, 2.45) is 0 Å². The quantitative estimate of drug-likeness (QED) is 0.564. The van der Waals surface area contributed by atoms with Crippen LogP contribution in [0.25, 0.3) is 0 Å². The molecule has 0 atom stereocenters. The maximum atomic E-state index is 11.2. The van der Waals surface area contributed by atoms with E-state index in [9.17, 15) is 4.79 Å². The highest BCUT2D eigenvalue weighted by Gasteiger charge is 2.06. The fourth-order valence-corrected chi connectivity index (χ4v) is 0.758. The van der Waals surface area contributed by atoms with Gasteiger partial charge in [0, 0.05) is 27.3 Å². The van der Waals surface area contributed by atoms with Crippen molar-refractivity contribution < 1.29 is 4.79 Å². The first-order valence-electron chi connectivity index (χ1n) is 3.54. The van der Waals surface area contributed by atoms with Crippen molar-refractivity contribution in [2.75, 3.05) is 21.1 Å². The molecule has 0 aliphatic rings. The van der Waals surface area contributed by atoms with Crippen LogP contribution in [-0.2, 0) is 0 Å². The molecule has 3 heteroatoms. The van der Waals surface area contributed by atoms with E-state index in [-0.39, 0.29) is 6.03 Å². The number of urea groups is 1. The van der Waals surface area contributed by atoms with Crippen LogP contribution in [0.2, 0.25) is 0 Å². The highest BCUT2D eigenvalue weighted by Crippen LogP contribution is 1.96. The minimum atomic E-state index is -0.00815. The minimum Gasteiger partial charge on any atom is -0.330 e. The third-order valence-corrected chi connectivity index (χ3v) is 1.14. The van der Waals surface area contributed by atoms with Crippen LogP contribution < -0.4 is 0 Å². The van der Waals surface area contributed by atoms with Crippen molar-refractivity contribution in [1.82, 2.24) is 9.80 Å². The van der Waals surface area contributed by atoms with Gasteiger partial charge in [-0.15, -0.1) is 0 Å². The summed E-state index contributed by atoms with van der Waals surface area (Å²) in [5, 5.41) is 0. The Morgan fingerprint density at radius 3 is 1.91 bits per heavy atom. The average Bonchev–Trinajstić information content (AvgIpc) is 1.84. The van der Waals surface area contributed by atoms with Gasteiger partial charge in [-0.2, -0.15) is 0 Å². The first-order chi connectivity index (χ1) is 4.95. The molecule has 0 fully saturated rings. The summed E-state index contributed by atoms with van der Waals surface area (Å²) in [4.78, 5) is 14.3. The highest BCUT2D eigenvalue weighted by molar-refractivity contribution is 5.74. The third kappa shape index (κ3) is 3.65. The fraction of sp³-hybridized carbons (Fsp3) is 0.625. The molecule has 3 nitrogen and oxygen atoms in total. The lowest BCUT2D eigenvalue weighted by molar-refractivity contribution is 0.196. The normalized spacial score (nSPS) is 8.82. The maximum Gasteiger partial charge on any atom is 0.323 e. The Bertz CT molecular complexity index is 169. The lowest BCUT2D eigenvalue weighted by Crippen LogP contribution is -2.32. The van der Waals surface area contributed by atoms with E-state index >= 15 is 0 Å². The summed E-state index contributed by atoms with van der Waals surface area (Å²) in [7, 11) is 5.21. The predicted octanol–water partition coefficient (Wildman–Crippen LogP) is 1.52. The van der Waals surface area contributed by atoms with Crippen LogP contribution in [0.15, 0.2) is 11.8 Å². The number of nitrogens with zero attached hydrogens (tertiary/aromatic N) is 2. The molecule has 0 aromatic rings.